The summed E-state index contributed by atoms with van der Waals surface area (Å²) in [6.45, 7) is 5.11. The molecule has 1 amide bonds. The van der Waals surface area contributed by atoms with Gasteiger partial charge in [0, 0.05) is 6.54 Å². The van der Waals surface area contributed by atoms with Crippen molar-refractivity contribution >= 4 is 15.9 Å². The van der Waals surface area contributed by atoms with Gasteiger partial charge in [0.15, 0.2) is 5.76 Å². The Balaban J connectivity index is 1.88. The zero-order valence-corrected chi connectivity index (χ0v) is 15.2. The molecule has 1 aromatic heterocycles. The van der Waals surface area contributed by atoms with Gasteiger partial charge in [0.25, 0.3) is 0 Å². The minimum Gasteiger partial charge on any atom is -0.360 e. The molecule has 2 N–H and O–H groups in total. The van der Waals surface area contributed by atoms with Crippen molar-refractivity contribution < 1.29 is 17.7 Å². The van der Waals surface area contributed by atoms with Crippen molar-refractivity contribution in [3.05, 3.63) is 23.1 Å². The second kappa shape index (κ2) is 7.94. The van der Waals surface area contributed by atoms with Crippen molar-refractivity contribution in [1.29, 1.82) is 0 Å². The molecular formula is C16H25N3O4S. The van der Waals surface area contributed by atoms with Gasteiger partial charge in [-0.2, -0.15) is 4.72 Å². The van der Waals surface area contributed by atoms with Gasteiger partial charge in [-0.05, 0) is 52.9 Å². The van der Waals surface area contributed by atoms with Crippen molar-refractivity contribution in [2.45, 2.75) is 63.8 Å². The second-order valence-electron chi connectivity index (χ2n) is 6.15. The fourth-order valence-corrected chi connectivity index (χ4v) is 4.37. The van der Waals surface area contributed by atoms with E-state index < -0.39 is 16.1 Å². The Hall–Kier alpha value is -1.67. The molecule has 0 spiro atoms. The molecule has 7 nitrogen and oxygen atoms in total. The smallest absolute Gasteiger partial charge is 0.246 e. The average Bonchev–Trinajstić information content (AvgIpc) is 2.87. The molecular weight excluding hydrogens is 330 g/mol. The van der Waals surface area contributed by atoms with Crippen LogP contribution in [-0.4, -0.2) is 32.1 Å². The summed E-state index contributed by atoms with van der Waals surface area (Å²) in [5.74, 6) is -0.140. The highest BCUT2D eigenvalue weighted by molar-refractivity contribution is 7.89. The monoisotopic (exact) mass is 355 g/mol. The summed E-state index contributed by atoms with van der Waals surface area (Å²) in [6.07, 6.45) is 7.68. The number of aromatic nitrogens is 1. The molecule has 0 saturated heterocycles. The SMILES string of the molecule is Cc1noc(C)c1S(=O)(=O)N[C@@H](C)C(=O)NCCC1=CCCCC1. The lowest BCUT2D eigenvalue weighted by Crippen LogP contribution is -2.45. The van der Waals surface area contributed by atoms with Gasteiger partial charge in [0.2, 0.25) is 15.9 Å². The number of rotatable bonds is 7. The van der Waals surface area contributed by atoms with Gasteiger partial charge in [-0.25, -0.2) is 8.42 Å². The van der Waals surface area contributed by atoms with Crippen LogP contribution >= 0.6 is 0 Å². The molecule has 8 heteroatoms. The van der Waals surface area contributed by atoms with Crippen LogP contribution in [0.25, 0.3) is 0 Å². The first-order valence-corrected chi connectivity index (χ1v) is 9.70. The Morgan fingerprint density at radius 2 is 2.12 bits per heavy atom. The highest BCUT2D eigenvalue weighted by Crippen LogP contribution is 2.20. The van der Waals surface area contributed by atoms with Crippen LogP contribution in [0.3, 0.4) is 0 Å². The molecule has 1 heterocycles. The molecule has 0 aromatic carbocycles. The highest BCUT2D eigenvalue weighted by atomic mass is 32.2. The van der Waals surface area contributed by atoms with Gasteiger partial charge >= 0.3 is 0 Å². The number of nitrogens with zero attached hydrogens (tertiary/aromatic N) is 1. The number of nitrogens with one attached hydrogen (secondary N) is 2. The first-order chi connectivity index (χ1) is 11.3. The lowest BCUT2D eigenvalue weighted by molar-refractivity contribution is -0.122. The molecule has 0 radical (unpaired) electrons. The summed E-state index contributed by atoms with van der Waals surface area (Å²) in [7, 11) is -3.85. The molecule has 1 aromatic rings. The molecule has 134 valence electrons. The van der Waals surface area contributed by atoms with E-state index in [4.69, 9.17) is 4.52 Å². The van der Waals surface area contributed by atoms with Gasteiger partial charge in [-0.3, -0.25) is 4.79 Å². The van der Waals surface area contributed by atoms with Crippen molar-refractivity contribution in [3.63, 3.8) is 0 Å². The third kappa shape index (κ3) is 4.67. The first-order valence-electron chi connectivity index (χ1n) is 8.22. The maximum absolute atomic E-state index is 12.4. The van der Waals surface area contributed by atoms with Crippen LogP contribution in [0.1, 0.15) is 50.5 Å². The van der Waals surface area contributed by atoms with Crippen LogP contribution in [0.15, 0.2) is 21.1 Å². The number of sulfonamides is 1. The van der Waals surface area contributed by atoms with Crippen LogP contribution in [-0.2, 0) is 14.8 Å². The Morgan fingerprint density at radius 1 is 1.38 bits per heavy atom. The zero-order valence-electron chi connectivity index (χ0n) is 14.4. The topological polar surface area (TPSA) is 101 Å². The summed E-state index contributed by atoms with van der Waals surface area (Å²) in [6, 6.07) is -0.871. The summed E-state index contributed by atoms with van der Waals surface area (Å²) < 4.78 is 32.0. The van der Waals surface area contributed by atoms with Gasteiger partial charge in [0.1, 0.15) is 10.6 Å². The molecule has 0 bridgehead atoms. The van der Waals surface area contributed by atoms with E-state index >= 15 is 0 Å². The summed E-state index contributed by atoms with van der Waals surface area (Å²) in [5, 5.41) is 6.42. The molecule has 2 rings (SSSR count). The quantitative estimate of drug-likeness (QED) is 0.728. The van der Waals surface area contributed by atoms with Gasteiger partial charge in [0.05, 0.1) is 6.04 Å². The minimum absolute atomic E-state index is 0.00508. The number of carbonyl (C=O) groups excluding carboxylic acids is 1. The molecule has 1 aliphatic rings. The van der Waals surface area contributed by atoms with Crippen molar-refractivity contribution in [2.75, 3.05) is 6.54 Å². The predicted octanol–water partition coefficient (Wildman–Crippen LogP) is 1.96. The lowest BCUT2D eigenvalue weighted by Gasteiger charge is -2.16. The maximum atomic E-state index is 12.4. The van der Waals surface area contributed by atoms with Crippen LogP contribution < -0.4 is 10.0 Å². The van der Waals surface area contributed by atoms with E-state index in [1.807, 2.05) is 0 Å². The Kier molecular flexibility index (Phi) is 6.17. The highest BCUT2D eigenvalue weighted by Gasteiger charge is 2.27. The maximum Gasteiger partial charge on any atom is 0.246 e. The van der Waals surface area contributed by atoms with E-state index in [9.17, 15) is 13.2 Å². The van der Waals surface area contributed by atoms with Crippen LogP contribution in [0.2, 0.25) is 0 Å². The minimum atomic E-state index is -3.85. The van der Waals surface area contributed by atoms with Gasteiger partial charge in [-0.1, -0.05) is 16.8 Å². The van der Waals surface area contributed by atoms with E-state index in [1.165, 1.54) is 32.3 Å². The standard InChI is InChI=1S/C16H25N3O4S/c1-11-15(13(3)23-18-11)24(21,22)19-12(2)16(20)17-10-9-14-7-5-4-6-8-14/h7,12,19H,4-6,8-10H2,1-3H3,(H,17,20)/t12-/m0/s1. The summed E-state index contributed by atoms with van der Waals surface area (Å²) >= 11 is 0. The molecule has 0 aliphatic heterocycles. The predicted molar refractivity (Wildman–Crippen MR) is 89.9 cm³/mol. The summed E-state index contributed by atoms with van der Waals surface area (Å²) in [5.41, 5.74) is 1.64. The molecule has 24 heavy (non-hydrogen) atoms. The van der Waals surface area contributed by atoms with E-state index in [2.05, 4.69) is 21.3 Å². The number of amides is 1. The number of hydrogen-bond acceptors (Lipinski definition) is 5. The first kappa shape index (κ1) is 18.7. The van der Waals surface area contributed by atoms with Crippen LogP contribution in [0.5, 0.6) is 0 Å². The van der Waals surface area contributed by atoms with Crippen molar-refractivity contribution in [1.82, 2.24) is 15.2 Å². The second-order valence-corrected chi connectivity index (χ2v) is 7.80. The molecule has 0 fully saturated rings. The van der Waals surface area contributed by atoms with Crippen molar-refractivity contribution in [3.8, 4) is 0 Å². The van der Waals surface area contributed by atoms with Gasteiger partial charge in [-0.15, -0.1) is 0 Å². The fourth-order valence-electron chi connectivity index (χ4n) is 2.83. The van der Waals surface area contributed by atoms with Gasteiger partial charge < -0.3 is 9.84 Å². The number of allylic oxidation sites excluding steroid dienone is 1. The Bertz CT molecular complexity index is 702. The third-order valence-corrected chi connectivity index (χ3v) is 5.88. The fraction of sp³-hybridized carbons (Fsp3) is 0.625. The Morgan fingerprint density at radius 3 is 2.71 bits per heavy atom. The zero-order chi connectivity index (χ0) is 17.7. The molecule has 1 atom stereocenters. The normalized spacial score (nSPS) is 16.5. The number of carbonyl (C=O) groups is 1. The lowest BCUT2D eigenvalue weighted by atomic mass is 9.97. The van der Waals surface area contributed by atoms with E-state index in [0.29, 0.717) is 6.54 Å². The number of aryl methyl sites for hydroxylation is 2. The molecule has 0 unspecified atom stereocenters. The average molecular weight is 355 g/mol. The summed E-state index contributed by atoms with van der Waals surface area (Å²) in [4.78, 5) is 12.1. The largest absolute Gasteiger partial charge is 0.360 e. The molecule has 0 saturated carbocycles. The van der Waals surface area contributed by atoms with E-state index in [1.54, 1.807) is 6.92 Å². The van der Waals surface area contributed by atoms with Crippen LogP contribution in [0.4, 0.5) is 0 Å². The third-order valence-electron chi connectivity index (χ3n) is 4.09. The van der Waals surface area contributed by atoms with E-state index in [-0.39, 0.29) is 22.3 Å². The van der Waals surface area contributed by atoms with Crippen LogP contribution in [0, 0.1) is 13.8 Å². The Labute approximate surface area is 142 Å². The van der Waals surface area contributed by atoms with E-state index in [0.717, 1.165) is 19.3 Å². The molecule has 1 aliphatic carbocycles. The van der Waals surface area contributed by atoms with Crippen molar-refractivity contribution in [2.24, 2.45) is 0 Å². The number of hydrogen-bond donors (Lipinski definition) is 2.